The highest BCUT2D eigenvalue weighted by Crippen LogP contribution is 2.12. The van der Waals surface area contributed by atoms with E-state index < -0.39 is 0 Å². The predicted octanol–water partition coefficient (Wildman–Crippen LogP) is 2.48. The van der Waals surface area contributed by atoms with Crippen molar-refractivity contribution in [3.8, 4) is 0 Å². The quantitative estimate of drug-likeness (QED) is 0.819. The summed E-state index contributed by atoms with van der Waals surface area (Å²) in [4.78, 5) is 13.9. The van der Waals surface area contributed by atoms with Gasteiger partial charge in [0.1, 0.15) is 0 Å². The van der Waals surface area contributed by atoms with Crippen molar-refractivity contribution in [3.63, 3.8) is 0 Å². The third-order valence-corrected chi connectivity index (χ3v) is 3.52. The average Bonchev–Trinajstić information content (AvgIpc) is 2.35. The lowest BCUT2D eigenvalue weighted by Gasteiger charge is -2.24. The van der Waals surface area contributed by atoms with Crippen LogP contribution in [0.1, 0.15) is 23.7 Å². The molecule has 0 aromatic heterocycles. The second kappa shape index (κ2) is 6.55. The molecule has 94 valence electrons. The molecule has 0 heterocycles. The van der Waals surface area contributed by atoms with Crippen LogP contribution in [0.25, 0.3) is 0 Å². The Hall–Kier alpha value is -1.16. The van der Waals surface area contributed by atoms with Crippen LogP contribution in [-0.4, -0.2) is 35.9 Å². The van der Waals surface area contributed by atoms with Gasteiger partial charge < -0.3 is 10.6 Å². The fraction of sp³-hybridized carbons (Fsp3) is 0.462. The molecule has 2 N–H and O–H groups in total. The molecular weight excluding hydrogens is 232 g/mol. The molecular formula is C13H20N2OS. The zero-order chi connectivity index (χ0) is 12.8. The van der Waals surface area contributed by atoms with Gasteiger partial charge in [0.05, 0.1) is 0 Å². The van der Waals surface area contributed by atoms with Crippen LogP contribution in [0.3, 0.4) is 0 Å². The molecule has 1 rings (SSSR count). The Morgan fingerprint density at radius 3 is 2.53 bits per heavy atom. The Bertz CT molecular complexity index is 364. The van der Waals surface area contributed by atoms with Gasteiger partial charge in [0.2, 0.25) is 0 Å². The molecule has 1 amide bonds. The Morgan fingerprint density at radius 2 is 2.00 bits per heavy atom. The highest BCUT2D eigenvalue weighted by atomic mass is 32.2. The van der Waals surface area contributed by atoms with Crippen molar-refractivity contribution in [3.05, 3.63) is 29.8 Å². The third-order valence-electron chi connectivity index (χ3n) is 2.88. The van der Waals surface area contributed by atoms with Crippen molar-refractivity contribution in [1.82, 2.24) is 4.90 Å². The second-order valence-electron chi connectivity index (χ2n) is 4.17. The van der Waals surface area contributed by atoms with E-state index in [-0.39, 0.29) is 11.9 Å². The maximum absolute atomic E-state index is 12.1. The number of amides is 1. The Kier molecular flexibility index (Phi) is 5.35. The lowest BCUT2D eigenvalue weighted by atomic mass is 10.1. The molecule has 0 aliphatic rings. The van der Waals surface area contributed by atoms with Gasteiger partial charge in [0, 0.05) is 24.3 Å². The summed E-state index contributed by atoms with van der Waals surface area (Å²) in [6.07, 6.45) is 3.09. The number of nitrogens with zero attached hydrogens (tertiary/aromatic N) is 1. The molecule has 1 unspecified atom stereocenters. The minimum atomic E-state index is 0.0543. The zero-order valence-corrected chi connectivity index (χ0v) is 11.5. The summed E-state index contributed by atoms with van der Waals surface area (Å²) in [6.45, 7) is 2.07. The van der Waals surface area contributed by atoms with Gasteiger partial charge in [-0.3, -0.25) is 4.79 Å². The predicted molar refractivity (Wildman–Crippen MR) is 75.4 cm³/mol. The smallest absolute Gasteiger partial charge is 0.253 e. The number of hydrogen-bond acceptors (Lipinski definition) is 3. The van der Waals surface area contributed by atoms with E-state index in [2.05, 4.69) is 13.2 Å². The van der Waals surface area contributed by atoms with E-state index in [0.29, 0.717) is 11.3 Å². The van der Waals surface area contributed by atoms with E-state index >= 15 is 0 Å². The topological polar surface area (TPSA) is 46.3 Å². The van der Waals surface area contributed by atoms with E-state index in [1.807, 2.05) is 7.05 Å². The van der Waals surface area contributed by atoms with Gasteiger partial charge in [-0.1, -0.05) is 0 Å². The number of thioether (sulfide) groups is 1. The Morgan fingerprint density at radius 1 is 1.41 bits per heavy atom. The number of hydrogen-bond donors (Lipinski definition) is 1. The molecule has 0 bridgehead atoms. The van der Waals surface area contributed by atoms with Gasteiger partial charge in [-0.05, 0) is 49.6 Å². The van der Waals surface area contributed by atoms with E-state index in [1.165, 1.54) is 0 Å². The second-order valence-corrected chi connectivity index (χ2v) is 5.15. The SMILES string of the molecule is CSCCC(C)N(C)C(=O)c1ccc(N)cc1. The summed E-state index contributed by atoms with van der Waals surface area (Å²) >= 11 is 1.80. The minimum Gasteiger partial charge on any atom is -0.399 e. The number of carbonyl (C=O) groups is 1. The molecule has 4 heteroatoms. The van der Waals surface area contributed by atoms with Crippen LogP contribution in [0.5, 0.6) is 0 Å². The molecule has 0 aliphatic heterocycles. The maximum Gasteiger partial charge on any atom is 0.253 e. The Balaban J connectivity index is 2.65. The van der Waals surface area contributed by atoms with Gasteiger partial charge in [0.15, 0.2) is 0 Å². The van der Waals surface area contributed by atoms with E-state index in [4.69, 9.17) is 5.73 Å². The molecule has 1 aromatic carbocycles. The first kappa shape index (κ1) is 13.9. The first-order valence-corrected chi connectivity index (χ1v) is 7.07. The summed E-state index contributed by atoms with van der Waals surface area (Å²) < 4.78 is 0. The number of carbonyl (C=O) groups excluding carboxylic acids is 1. The summed E-state index contributed by atoms with van der Waals surface area (Å²) in [7, 11) is 1.85. The van der Waals surface area contributed by atoms with Gasteiger partial charge in [-0.15, -0.1) is 0 Å². The van der Waals surface area contributed by atoms with Crippen molar-refractivity contribution in [2.45, 2.75) is 19.4 Å². The summed E-state index contributed by atoms with van der Waals surface area (Å²) in [5.74, 6) is 1.12. The Labute approximate surface area is 107 Å². The number of anilines is 1. The standard InChI is InChI=1S/C13H20N2OS/c1-10(8-9-17-3)15(2)13(16)11-4-6-12(14)7-5-11/h4-7,10H,8-9,14H2,1-3H3. The highest BCUT2D eigenvalue weighted by Gasteiger charge is 2.16. The van der Waals surface area contributed by atoms with Gasteiger partial charge in [0.25, 0.3) is 5.91 Å². The van der Waals surface area contributed by atoms with Gasteiger partial charge >= 0.3 is 0 Å². The van der Waals surface area contributed by atoms with Crippen LogP contribution in [0.15, 0.2) is 24.3 Å². The molecule has 1 aromatic rings. The molecule has 17 heavy (non-hydrogen) atoms. The number of rotatable bonds is 5. The monoisotopic (exact) mass is 252 g/mol. The van der Waals surface area contributed by atoms with E-state index in [0.717, 1.165) is 12.2 Å². The van der Waals surface area contributed by atoms with Crippen LogP contribution in [0.4, 0.5) is 5.69 Å². The van der Waals surface area contributed by atoms with Crippen LogP contribution in [0, 0.1) is 0 Å². The maximum atomic E-state index is 12.1. The van der Waals surface area contributed by atoms with Crippen molar-refractivity contribution >= 4 is 23.4 Å². The lowest BCUT2D eigenvalue weighted by molar-refractivity contribution is 0.0741. The lowest BCUT2D eigenvalue weighted by Crippen LogP contribution is -2.35. The summed E-state index contributed by atoms with van der Waals surface area (Å²) in [5.41, 5.74) is 6.97. The minimum absolute atomic E-state index is 0.0543. The largest absolute Gasteiger partial charge is 0.399 e. The average molecular weight is 252 g/mol. The number of nitrogens with two attached hydrogens (primary N) is 1. The number of benzene rings is 1. The first-order valence-electron chi connectivity index (χ1n) is 5.68. The fourth-order valence-corrected chi connectivity index (χ4v) is 2.09. The third kappa shape index (κ3) is 3.97. The summed E-state index contributed by atoms with van der Waals surface area (Å²) in [5, 5.41) is 0. The molecule has 0 saturated carbocycles. The van der Waals surface area contributed by atoms with Crippen LogP contribution in [0.2, 0.25) is 0 Å². The molecule has 0 radical (unpaired) electrons. The van der Waals surface area contributed by atoms with Crippen molar-refractivity contribution in [2.75, 3.05) is 24.8 Å². The molecule has 0 aliphatic carbocycles. The van der Waals surface area contributed by atoms with E-state index in [9.17, 15) is 4.79 Å². The molecule has 3 nitrogen and oxygen atoms in total. The molecule has 0 spiro atoms. The first-order chi connectivity index (χ1) is 8.06. The molecule has 0 saturated heterocycles. The molecule has 1 atom stereocenters. The van der Waals surface area contributed by atoms with E-state index in [1.54, 1.807) is 40.9 Å². The highest BCUT2D eigenvalue weighted by molar-refractivity contribution is 7.98. The van der Waals surface area contributed by atoms with Crippen LogP contribution >= 0.6 is 11.8 Å². The fourth-order valence-electron chi connectivity index (χ4n) is 1.51. The molecule has 0 fully saturated rings. The van der Waals surface area contributed by atoms with Crippen LogP contribution in [-0.2, 0) is 0 Å². The van der Waals surface area contributed by atoms with Crippen molar-refractivity contribution in [1.29, 1.82) is 0 Å². The number of nitrogen functional groups attached to an aromatic ring is 1. The zero-order valence-electron chi connectivity index (χ0n) is 10.6. The van der Waals surface area contributed by atoms with Crippen LogP contribution < -0.4 is 5.73 Å². The van der Waals surface area contributed by atoms with Gasteiger partial charge in [-0.25, -0.2) is 0 Å². The summed E-state index contributed by atoms with van der Waals surface area (Å²) in [6, 6.07) is 7.32. The normalized spacial score (nSPS) is 12.2. The van der Waals surface area contributed by atoms with Crippen molar-refractivity contribution < 1.29 is 4.79 Å². The van der Waals surface area contributed by atoms with Crippen molar-refractivity contribution in [2.24, 2.45) is 0 Å². The van der Waals surface area contributed by atoms with Gasteiger partial charge in [-0.2, -0.15) is 11.8 Å².